The van der Waals surface area contributed by atoms with Crippen LogP contribution in [0.2, 0.25) is 5.02 Å². The number of benzene rings is 1. The number of rotatable bonds is 5. The minimum Gasteiger partial charge on any atom is -0.308 e. The highest BCUT2D eigenvalue weighted by Crippen LogP contribution is 2.32. The summed E-state index contributed by atoms with van der Waals surface area (Å²) in [7, 11) is 1.94. The van der Waals surface area contributed by atoms with Crippen molar-refractivity contribution in [1.29, 1.82) is 0 Å². The minimum atomic E-state index is 0.0199. The summed E-state index contributed by atoms with van der Waals surface area (Å²) >= 11 is 10.00. The normalized spacial score (nSPS) is 12.7. The predicted molar refractivity (Wildman–Crippen MR) is 87.3 cm³/mol. The first-order valence-electron chi connectivity index (χ1n) is 6.73. The van der Waals surface area contributed by atoms with Gasteiger partial charge in [0.2, 0.25) is 0 Å². The van der Waals surface area contributed by atoms with Gasteiger partial charge < -0.3 is 5.32 Å². The third-order valence-corrected chi connectivity index (χ3v) is 4.28. The average molecular weight is 357 g/mol. The molecule has 0 aliphatic carbocycles. The monoisotopic (exact) mass is 355 g/mol. The van der Waals surface area contributed by atoms with Crippen molar-refractivity contribution >= 4 is 27.5 Å². The number of aromatic nitrogens is 2. The zero-order valence-corrected chi connectivity index (χ0v) is 14.3. The van der Waals surface area contributed by atoms with Crippen molar-refractivity contribution < 1.29 is 0 Å². The number of hydrogen-bond donors (Lipinski definition) is 1. The Morgan fingerprint density at radius 1 is 1.45 bits per heavy atom. The molecule has 0 bridgehead atoms. The largest absolute Gasteiger partial charge is 0.308 e. The molecule has 2 rings (SSSR count). The van der Waals surface area contributed by atoms with Crippen LogP contribution in [0.1, 0.15) is 36.2 Å². The minimum absolute atomic E-state index is 0.0199. The first-order chi connectivity index (χ1) is 9.58. The Bertz CT molecular complexity index is 595. The molecule has 0 aliphatic heterocycles. The summed E-state index contributed by atoms with van der Waals surface area (Å²) in [6, 6.07) is 6.37. The molecule has 0 aliphatic rings. The maximum absolute atomic E-state index is 6.35. The summed E-state index contributed by atoms with van der Waals surface area (Å²) in [5.41, 5.74) is 3.40. The molecule has 108 valence electrons. The van der Waals surface area contributed by atoms with Crippen molar-refractivity contribution in [2.45, 2.75) is 32.9 Å². The van der Waals surface area contributed by atoms with Crippen molar-refractivity contribution in [2.75, 3.05) is 7.05 Å². The lowest BCUT2D eigenvalue weighted by Gasteiger charge is -2.20. The van der Waals surface area contributed by atoms with Gasteiger partial charge in [0.1, 0.15) is 0 Å². The van der Waals surface area contributed by atoms with Gasteiger partial charge in [0.05, 0.1) is 23.0 Å². The molecule has 2 aromatic rings. The Hall–Kier alpha value is -0.840. The summed E-state index contributed by atoms with van der Waals surface area (Å²) in [5.74, 6) is 0. The van der Waals surface area contributed by atoms with Gasteiger partial charge in [-0.2, -0.15) is 5.10 Å². The molecular formula is C15H19BrClN3. The molecule has 0 fully saturated rings. The molecule has 1 N–H and O–H groups in total. The molecular weight excluding hydrogens is 338 g/mol. The lowest BCUT2D eigenvalue weighted by Crippen LogP contribution is -2.22. The summed E-state index contributed by atoms with van der Waals surface area (Å²) in [5, 5.41) is 8.42. The molecule has 0 saturated carbocycles. The molecule has 1 unspecified atom stereocenters. The van der Waals surface area contributed by atoms with Gasteiger partial charge in [-0.1, -0.05) is 46.6 Å². The third-order valence-electron chi connectivity index (χ3n) is 3.30. The Morgan fingerprint density at radius 2 is 2.20 bits per heavy atom. The molecule has 0 saturated heterocycles. The number of hydrogen-bond acceptors (Lipinski definition) is 2. The van der Waals surface area contributed by atoms with E-state index in [1.165, 1.54) is 5.56 Å². The van der Waals surface area contributed by atoms with Crippen LogP contribution in [0.4, 0.5) is 0 Å². The van der Waals surface area contributed by atoms with E-state index in [-0.39, 0.29) is 6.04 Å². The van der Waals surface area contributed by atoms with Crippen LogP contribution in [-0.4, -0.2) is 16.8 Å². The van der Waals surface area contributed by atoms with E-state index < -0.39 is 0 Å². The number of nitrogens with zero attached hydrogens (tertiary/aromatic N) is 2. The second kappa shape index (κ2) is 6.74. The highest BCUT2D eigenvalue weighted by Gasteiger charge is 2.22. The maximum Gasteiger partial charge on any atom is 0.0837 e. The van der Waals surface area contributed by atoms with Gasteiger partial charge in [-0.25, -0.2) is 0 Å². The molecule has 0 radical (unpaired) electrons. The van der Waals surface area contributed by atoms with Gasteiger partial charge in [0.25, 0.3) is 0 Å². The number of nitrogens with one attached hydrogen (secondary N) is 1. The summed E-state index contributed by atoms with van der Waals surface area (Å²) < 4.78 is 3.06. The van der Waals surface area contributed by atoms with E-state index in [0.717, 1.165) is 28.7 Å². The second-order valence-electron chi connectivity index (χ2n) is 4.85. The van der Waals surface area contributed by atoms with Crippen molar-refractivity contribution in [1.82, 2.24) is 15.1 Å². The van der Waals surface area contributed by atoms with Crippen molar-refractivity contribution in [3.05, 3.63) is 50.7 Å². The summed E-state index contributed by atoms with van der Waals surface area (Å²) in [4.78, 5) is 0. The first kappa shape index (κ1) is 15.5. The zero-order chi connectivity index (χ0) is 14.7. The van der Waals surface area contributed by atoms with E-state index in [9.17, 15) is 0 Å². The molecule has 20 heavy (non-hydrogen) atoms. The van der Waals surface area contributed by atoms with E-state index in [2.05, 4.69) is 58.4 Å². The van der Waals surface area contributed by atoms with E-state index in [1.54, 1.807) is 6.20 Å². The molecule has 0 spiro atoms. The first-order valence-corrected chi connectivity index (χ1v) is 7.90. The van der Waals surface area contributed by atoms with Crippen LogP contribution in [0, 0.1) is 6.92 Å². The topological polar surface area (TPSA) is 29.9 Å². The summed E-state index contributed by atoms with van der Waals surface area (Å²) in [6.07, 6.45) is 2.75. The fourth-order valence-corrected chi connectivity index (χ4v) is 3.33. The highest BCUT2D eigenvalue weighted by molar-refractivity contribution is 9.10. The van der Waals surface area contributed by atoms with Crippen molar-refractivity contribution in [2.24, 2.45) is 0 Å². The lowest BCUT2D eigenvalue weighted by molar-refractivity contribution is 0.534. The van der Waals surface area contributed by atoms with Gasteiger partial charge in [-0.15, -0.1) is 0 Å². The van der Waals surface area contributed by atoms with Crippen LogP contribution >= 0.6 is 27.5 Å². The SMILES string of the molecule is CCCn1ncc(Cl)c1C(NC)c1ccc(C)cc1Br. The van der Waals surface area contributed by atoms with Crippen LogP contribution in [0.25, 0.3) is 0 Å². The molecule has 1 heterocycles. The van der Waals surface area contributed by atoms with Gasteiger partial charge in [0.15, 0.2) is 0 Å². The highest BCUT2D eigenvalue weighted by atomic mass is 79.9. The maximum atomic E-state index is 6.35. The van der Waals surface area contributed by atoms with Crippen LogP contribution in [0.15, 0.2) is 28.9 Å². The molecule has 3 nitrogen and oxygen atoms in total. The molecule has 1 aromatic heterocycles. The Labute approximate surface area is 133 Å². The quantitative estimate of drug-likeness (QED) is 0.864. The van der Waals surface area contributed by atoms with Gasteiger partial charge in [-0.05, 0) is 37.6 Å². The second-order valence-corrected chi connectivity index (χ2v) is 6.11. The van der Waals surface area contributed by atoms with Crippen LogP contribution < -0.4 is 5.32 Å². The molecule has 0 amide bonds. The van der Waals surface area contributed by atoms with E-state index in [4.69, 9.17) is 11.6 Å². The van der Waals surface area contributed by atoms with Gasteiger partial charge in [-0.3, -0.25) is 4.68 Å². The standard InChI is InChI=1S/C15H19BrClN3/c1-4-7-20-15(13(17)9-19-20)14(18-3)11-6-5-10(2)8-12(11)16/h5-6,8-9,14,18H,4,7H2,1-3H3. The van der Waals surface area contributed by atoms with E-state index >= 15 is 0 Å². The number of halogens is 2. The van der Waals surface area contributed by atoms with Crippen LogP contribution in [0.3, 0.4) is 0 Å². The van der Waals surface area contributed by atoms with Crippen molar-refractivity contribution in [3.63, 3.8) is 0 Å². The fourth-order valence-electron chi connectivity index (χ4n) is 2.35. The van der Waals surface area contributed by atoms with E-state index in [1.807, 2.05) is 11.7 Å². The van der Waals surface area contributed by atoms with Crippen LogP contribution in [0.5, 0.6) is 0 Å². The van der Waals surface area contributed by atoms with Gasteiger partial charge >= 0.3 is 0 Å². The Morgan fingerprint density at radius 3 is 2.80 bits per heavy atom. The van der Waals surface area contributed by atoms with Gasteiger partial charge in [0, 0.05) is 11.0 Å². The average Bonchev–Trinajstić information content (AvgIpc) is 2.75. The fraction of sp³-hybridized carbons (Fsp3) is 0.400. The number of aryl methyl sites for hydroxylation is 2. The predicted octanol–water partition coefficient (Wildman–Crippen LogP) is 4.33. The smallest absolute Gasteiger partial charge is 0.0837 e. The van der Waals surface area contributed by atoms with Crippen LogP contribution in [-0.2, 0) is 6.54 Å². The Kier molecular flexibility index (Phi) is 5.24. The molecule has 1 aromatic carbocycles. The zero-order valence-electron chi connectivity index (χ0n) is 12.0. The van der Waals surface area contributed by atoms with E-state index in [0.29, 0.717) is 5.02 Å². The summed E-state index contributed by atoms with van der Waals surface area (Å²) in [6.45, 7) is 5.08. The molecule has 5 heteroatoms. The molecule has 1 atom stereocenters. The lowest BCUT2D eigenvalue weighted by atomic mass is 10.0. The third kappa shape index (κ3) is 3.08. The van der Waals surface area contributed by atoms with Crippen molar-refractivity contribution in [3.8, 4) is 0 Å². The Balaban J connectivity index is 2.49.